The van der Waals surface area contributed by atoms with E-state index >= 15 is 0 Å². The van der Waals surface area contributed by atoms with Gasteiger partial charge in [-0.25, -0.2) is 9.18 Å². The van der Waals surface area contributed by atoms with Gasteiger partial charge in [-0.2, -0.15) is 0 Å². The molecule has 0 atom stereocenters. The molecule has 2 N–H and O–H groups in total. The number of hydrogen-bond acceptors (Lipinski definition) is 4. The Morgan fingerprint density at radius 1 is 1.24 bits per heavy atom. The molecule has 0 fully saturated rings. The Kier molecular flexibility index (Phi) is 5.00. The van der Waals surface area contributed by atoms with Gasteiger partial charge in [0.2, 0.25) is 0 Å². The Morgan fingerprint density at radius 2 is 2.05 bits per heavy atom. The highest BCUT2D eigenvalue weighted by Gasteiger charge is 2.07. The van der Waals surface area contributed by atoms with Crippen LogP contribution in [-0.2, 0) is 16.1 Å². The summed E-state index contributed by atoms with van der Waals surface area (Å²) < 4.78 is 23.2. The van der Waals surface area contributed by atoms with Crippen molar-refractivity contribution >= 4 is 23.3 Å². The third kappa shape index (κ3) is 4.65. The molecule has 0 aliphatic heterocycles. The van der Waals surface area contributed by atoms with Gasteiger partial charge >= 0.3 is 5.97 Å². The molecule has 0 saturated carbocycles. The lowest BCUT2D eigenvalue weighted by Crippen LogP contribution is -2.14. The first-order valence-electron chi connectivity index (χ1n) is 6.12. The molecule has 0 unspecified atom stereocenters. The van der Waals surface area contributed by atoms with E-state index in [0.29, 0.717) is 17.0 Å². The molecule has 110 valence electrons. The van der Waals surface area contributed by atoms with Crippen LogP contribution in [0.5, 0.6) is 5.75 Å². The molecule has 0 spiro atoms. The zero-order chi connectivity index (χ0) is 15.2. The lowest BCUT2D eigenvalue weighted by molar-refractivity contribution is -0.147. The largest absolute Gasteiger partial charge is 0.482 e. The number of ether oxygens (including phenoxy) is 2. The van der Waals surface area contributed by atoms with Crippen molar-refractivity contribution in [3.63, 3.8) is 0 Å². The molecule has 6 heteroatoms. The number of hydrogen-bond donors (Lipinski definition) is 1. The van der Waals surface area contributed by atoms with Gasteiger partial charge in [-0.1, -0.05) is 23.7 Å². The second-order valence-corrected chi connectivity index (χ2v) is 4.68. The fourth-order valence-electron chi connectivity index (χ4n) is 1.58. The van der Waals surface area contributed by atoms with Crippen molar-refractivity contribution in [3.8, 4) is 5.75 Å². The van der Waals surface area contributed by atoms with Crippen molar-refractivity contribution in [2.75, 3.05) is 12.3 Å². The molecule has 2 rings (SSSR count). The van der Waals surface area contributed by atoms with E-state index in [1.807, 2.05) is 0 Å². The van der Waals surface area contributed by atoms with Gasteiger partial charge in [0.25, 0.3) is 0 Å². The standard InChI is InChI=1S/C15H13ClFNO3/c16-13-6-10(4-5-14(13)17)8-21-15(19)9-20-12-3-1-2-11(18)7-12/h1-7H,8-9,18H2. The van der Waals surface area contributed by atoms with Gasteiger partial charge in [0.15, 0.2) is 6.61 Å². The molecule has 4 nitrogen and oxygen atoms in total. The molecule has 2 aromatic carbocycles. The first-order chi connectivity index (χ1) is 10.0. The van der Waals surface area contributed by atoms with Gasteiger partial charge in [0.05, 0.1) is 5.02 Å². The van der Waals surface area contributed by atoms with E-state index in [9.17, 15) is 9.18 Å². The van der Waals surface area contributed by atoms with E-state index in [0.717, 1.165) is 0 Å². The van der Waals surface area contributed by atoms with Gasteiger partial charge in [0, 0.05) is 11.8 Å². The highest BCUT2D eigenvalue weighted by Crippen LogP contribution is 2.17. The van der Waals surface area contributed by atoms with Crippen LogP contribution >= 0.6 is 11.6 Å². The molecule has 0 amide bonds. The summed E-state index contributed by atoms with van der Waals surface area (Å²) >= 11 is 5.63. The summed E-state index contributed by atoms with van der Waals surface area (Å²) in [6, 6.07) is 10.8. The van der Waals surface area contributed by atoms with Crippen LogP contribution in [0.2, 0.25) is 5.02 Å². The number of nitrogen functional groups attached to an aromatic ring is 1. The number of esters is 1. The maximum atomic E-state index is 13.0. The summed E-state index contributed by atoms with van der Waals surface area (Å²) in [5.74, 6) is -0.577. The smallest absolute Gasteiger partial charge is 0.344 e. The van der Waals surface area contributed by atoms with Crippen LogP contribution in [0.1, 0.15) is 5.56 Å². The normalized spacial score (nSPS) is 10.2. The van der Waals surface area contributed by atoms with Crippen LogP contribution in [0.4, 0.5) is 10.1 Å². The Bertz CT molecular complexity index is 649. The molecule has 0 aliphatic carbocycles. The topological polar surface area (TPSA) is 61.5 Å². The third-order valence-corrected chi connectivity index (χ3v) is 2.89. The highest BCUT2D eigenvalue weighted by atomic mass is 35.5. The maximum absolute atomic E-state index is 13.0. The fourth-order valence-corrected chi connectivity index (χ4v) is 1.78. The second kappa shape index (κ2) is 6.95. The minimum absolute atomic E-state index is 0.000871. The van der Waals surface area contributed by atoms with Crippen LogP contribution in [0.3, 0.4) is 0 Å². The van der Waals surface area contributed by atoms with E-state index in [4.69, 9.17) is 26.8 Å². The summed E-state index contributed by atoms with van der Waals surface area (Å²) in [6.07, 6.45) is 0. The lowest BCUT2D eigenvalue weighted by Gasteiger charge is -2.08. The maximum Gasteiger partial charge on any atom is 0.344 e. The van der Waals surface area contributed by atoms with Gasteiger partial charge in [-0.3, -0.25) is 0 Å². The summed E-state index contributed by atoms with van der Waals surface area (Å²) in [5.41, 5.74) is 6.73. The number of carbonyl (C=O) groups is 1. The highest BCUT2D eigenvalue weighted by molar-refractivity contribution is 6.30. The van der Waals surface area contributed by atoms with Gasteiger partial charge in [-0.15, -0.1) is 0 Å². The van der Waals surface area contributed by atoms with Crippen LogP contribution in [0.25, 0.3) is 0 Å². The number of nitrogens with two attached hydrogens (primary N) is 1. The number of rotatable bonds is 5. The van der Waals surface area contributed by atoms with Crippen LogP contribution in [0, 0.1) is 5.82 Å². The van der Waals surface area contributed by atoms with Gasteiger partial charge < -0.3 is 15.2 Å². The molecule has 0 heterocycles. The van der Waals surface area contributed by atoms with E-state index in [1.165, 1.54) is 18.2 Å². The quantitative estimate of drug-likeness (QED) is 0.680. The zero-order valence-electron chi connectivity index (χ0n) is 11.0. The third-order valence-electron chi connectivity index (χ3n) is 2.60. The predicted octanol–water partition coefficient (Wildman–Crippen LogP) is 3.18. The van der Waals surface area contributed by atoms with Gasteiger partial charge in [0.1, 0.15) is 18.2 Å². The van der Waals surface area contributed by atoms with Crippen molar-refractivity contribution in [1.29, 1.82) is 0 Å². The van der Waals surface area contributed by atoms with E-state index in [-0.39, 0.29) is 18.2 Å². The average molecular weight is 310 g/mol. The summed E-state index contributed by atoms with van der Waals surface area (Å²) in [4.78, 5) is 11.5. The zero-order valence-corrected chi connectivity index (χ0v) is 11.8. The fraction of sp³-hybridized carbons (Fsp3) is 0.133. The molecule has 2 aromatic rings. The van der Waals surface area contributed by atoms with Crippen molar-refractivity contribution in [1.82, 2.24) is 0 Å². The molecule has 0 bridgehead atoms. The second-order valence-electron chi connectivity index (χ2n) is 4.27. The summed E-state index contributed by atoms with van der Waals surface area (Å²) in [7, 11) is 0. The number of benzene rings is 2. The Hall–Kier alpha value is -2.27. The molecule has 21 heavy (non-hydrogen) atoms. The SMILES string of the molecule is Nc1cccc(OCC(=O)OCc2ccc(F)c(Cl)c2)c1. The first kappa shape index (κ1) is 15.1. The molecule has 0 saturated heterocycles. The van der Waals surface area contributed by atoms with Crippen molar-refractivity contribution < 1.29 is 18.7 Å². The predicted molar refractivity (Wildman–Crippen MR) is 77.6 cm³/mol. The molecular formula is C15H13ClFNO3. The van der Waals surface area contributed by atoms with Gasteiger partial charge in [-0.05, 0) is 29.8 Å². The molecular weight excluding hydrogens is 297 g/mol. The summed E-state index contributed by atoms with van der Waals surface area (Å²) in [5, 5.41) is -0.0143. The average Bonchev–Trinajstić information content (AvgIpc) is 2.46. The van der Waals surface area contributed by atoms with E-state index in [2.05, 4.69) is 0 Å². The van der Waals surface area contributed by atoms with E-state index < -0.39 is 11.8 Å². The minimum atomic E-state index is -0.544. The van der Waals surface area contributed by atoms with Crippen LogP contribution < -0.4 is 10.5 Å². The Labute approximate surface area is 126 Å². The van der Waals surface area contributed by atoms with E-state index in [1.54, 1.807) is 24.3 Å². The number of carbonyl (C=O) groups excluding carboxylic acids is 1. The first-order valence-corrected chi connectivity index (χ1v) is 6.50. The van der Waals surface area contributed by atoms with Crippen LogP contribution in [-0.4, -0.2) is 12.6 Å². The Morgan fingerprint density at radius 3 is 2.76 bits per heavy atom. The molecule has 0 radical (unpaired) electrons. The molecule has 0 aliphatic rings. The van der Waals surface area contributed by atoms with Crippen molar-refractivity contribution in [2.45, 2.75) is 6.61 Å². The Balaban J connectivity index is 1.80. The number of halogens is 2. The van der Waals surface area contributed by atoms with Crippen LogP contribution in [0.15, 0.2) is 42.5 Å². The number of anilines is 1. The lowest BCUT2D eigenvalue weighted by atomic mass is 10.2. The monoisotopic (exact) mass is 309 g/mol. The molecule has 0 aromatic heterocycles. The summed E-state index contributed by atoms with van der Waals surface area (Å²) in [6.45, 7) is -0.239. The minimum Gasteiger partial charge on any atom is -0.482 e. The van der Waals surface area contributed by atoms with Crippen molar-refractivity contribution in [3.05, 3.63) is 58.9 Å². The van der Waals surface area contributed by atoms with Crippen molar-refractivity contribution in [2.24, 2.45) is 0 Å².